The van der Waals surface area contributed by atoms with E-state index in [0.717, 1.165) is 42.7 Å². The van der Waals surface area contributed by atoms with Crippen LogP contribution in [0.3, 0.4) is 0 Å². The number of hydrogen-bond donors (Lipinski definition) is 1. The van der Waals surface area contributed by atoms with Gasteiger partial charge in [-0.3, -0.25) is 0 Å². The van der Waals surface area contributed by atoms with E-state index in [1.165, 1.54) is 24.9 Å². The van der Waals surface area contributed by atoms with Crippen molar-refractivity contribution in [3.05, 3.63) is 28.8 Å². The Hall–Kier alpha value is -0.730. The molecular weight excluding hydrogens is 270 g/mol. The van der Waals surface area contributed by atoms with Gasteiger partial charge in [0.2, 0.25) is 0 Å². The molecule has 20 heavy (non-hydrogen) atoms. The van der Waals surface area contributed by atoms with Gasteiger partial charge in [0.15, 0.2) is 0 Å². The Morgan fingerprint density at radius 2 is 2.30 bits per heavy atom. The minimum Gasteiger partial charge on any atom is -0.493 e. The quantitative estimate of drug-likeness (QED) is 0.826. The fourth-order valence-electron chi connectivity index (χ4n) is 2.76. The highest BCUT2D eigenvalue weighted by atomic mass is 35.5. The van der Waals surface area contributed by atoms with Gasteiger partial charge < -0.3 is 10.1 Å². The molecule has 0 radical (unpaired) electrons. The smallest absolute Gasteiger partial charge is 0.122 e. The second-order valence-corrected chi connectivity index (χ2v) is 6.28. The van der Waals surface area contributed by atoms with Crippen molar-refractivity contribution in [1.29, 1.82) is 0 Å². The number of rotatable bonds is 6. The Morgan fingerprint density at radius 3 is 3.00 bits per heavy atom. The number of hydrogen-bond acceptors (Lipinski definition) is 2. The highest BCUT2D eigenvalue weighted by Gasteiger charge is 2.14. The monoisotopic (exact) mass is 295 g/mol. The molecule has 0 unspecified atom stereocenters. The van der Waals surface area contributed by atoms with Gasteiger partial charge in [0.25, 0.3) is 0 Å². The van der Waals surface area contributed by atoms with Gasteiger partial charge in [-0.05, 0) is 74.4 Å². The highest BCUT2D eigenvalue weighted by Crippen LogP contribution is 2.31. The van der Waals surface area contributed by atoms with Crippen molar-refractivity contribution in [1.82, 2.24) is 5.32 Å². The summed E-state index contributed by atoms with van der Waals surface area (Å²) < 4.78 is 6.03. The summed E-state index contributed by atoms with van der Waals surface area (Å²) in [4.78, 5) is 0. The van der Waals surface area contributed by atoms with Crippen LogP contribution in [0.5, 0.6) is 5.75 Å². The summed E-state index contributed by atoms with van der Waals surface area (Å²) in [6, 6.07) is 5.99. The third-order valence-corrected chi connectivity index (χ3v) is 4.53. The average molecular weight is 296 g/mol. The second-order valence-electron chi connectivity index (χ2n) is 5.84. The van der Waals surface area contributed by atoms with Crippen molar-refractivity contribution in [2.75, 3.05) is 19.7 Å². The normalized spacial score (nSPS) is 20.6. The molecule has 0 aliphatic carbocycles. The lowest BCUT2D eigenvalue weighted by atomic mass is 9.96. The van der Waals surface area contributed by atoms with Gasteiger partial charge in [0.05, 0.1) is 6.61 Å². The van der Waals surface area contributed by atoms with Gasteiger partial charge in [-0.15, -0.1) is 0 Å². The first kappa shape index (κ1) is 15.7. The van der Waals surface area contributed by atoms with Gasteiger partial charge in [-0.2, -0.15) is 0 Å². The lowest BCUT2D eigenvalue weighted by Crippen LogP contribution is -2.30. The number of piperidine rings is 1. The molecule has 1 heterocycles. The lowest BCUT2D eigenvalue weighted by molar-refractivity contribution is 0.251. The zero-order valence-corrected chi connectivity index (χ0v) is 13.4. The minimum atomic E-state index is 0.486. The largest absolute Gasteiger partial charge is 0.493 e. The Balaban J connectivity index is 1.91. The summed E-state index contributed by atoms with van der Waals surface area (Å²) in [5.41, 5.74) is 1.24. The van der Waals surface area contributed by atoms with Gasteiger partial charge in [-0.25, -0.2) is 0 Å². The number of benzene rings is 1. The average Bonchev–Trinajstić information content (AvgIpc) is 2.49. The van der Waals surface area contributed by atoms with Crippen LogP contribution in [0.2, 0.25) is 5.02 Å². The van der Waals surface area contributed by atoms with E-state index in [2.05, 4.69) is 19.2 Å². The van der Waals surface area contributed by atoms with Crippen LogP contribution < -0.4 is 10.1 Å². The Kier molecular flexibility index (Phi) is 6.18. The first-order valence-electron chi connectivity index (χ1n) is 7.83. The van der Waals surface area contributed by atoms with Crippen LogP contribution in [-0.4, -0.2) is 19.7 Å². The molecule has 0 saturated carbocycles. The molecule has 3 heteroatoms. The zero-order chi connectivity index (χ0) is 14.4. The third kappa shape index (κ3) is 4.39. The van der Waals surface area contributed by atoms with E-state index in [0.29, 0.717) is 5.92 Å². The number of nitrogens with one attached hydrogen (secondary N) is 1. The van der Waals surface area contributed by atoms with E-state index in [1.54, 1.807) is 0 Å². The van der Waals surface area contributed by atoms with Crippen LogP contribution in [-0.2, 0) is 0 Å². The molecule has 1 aromatic carbocycles. The highest BCUT2D eigenvalue weighted by molar-refractivity contribution is 6.30. The van der Waals surface area contributed by atoms with E-state index in [9.17, 15) is 0 Å². The second kappa shape index (κ2) is 7.90. The summed E-state index contributed by atoms with van der Waals surface area (Å²) in [6.07, 6.45) is 4.86. The zero-order valence-electron chi connectivity index (χ0n) is 12.6. The predicted molar refractivity (Wildman–Crippen MR) is 85.9 cm³/mol. The molecule has 2 atom stereocenters. The van der Waals surface area contributed by atoms with Crippen LogP contribution in [0.4, 0.5) is 0 Å². The summed E-state index contributed by atoms with van der Waals surface area (Å²) in [6.45, 7) is 7.54. The molecule has 1 aromatic rings. The molecule has 0 spiro atoms. The van der Waals surface area contributed by atoms with Crippen LogP contribution in [0.15, 0.2) is 18.2 Å². The van der Waals surface area contributed by atoms with E-state index < -0.39 is 0 Å². The van der Waals surface area contributed by atoms with Gasteiger partial charge >= 0.3 is 0 Å². The maximum Gasteiger partial charge on any atom is 0.122 e. The van der Waals surface area contributed by atoms with Crippen LogP contribution in [0.25, 0.3) is 0 Å². The number of ether oxygens (including phenoxy) is 1. The van der Waals surface area contributed by atoms with E-state index >= 15 is 0 Å². The van der Waals surface area contributed by atoms with Crippen molar-refractivity contribution in [3.8, 4) is 5.75 Å². The van der Waals surface area contributed by atoms with Crippen LogP contribution in [0.1, 0.15) is 51.0 Å². The van der Waals surface area contributed by atoms with Crippen LogP contribution >= 0.6 is 11.6 Å². The van der Waals surface area contributed by atoms with E-state index in [-0.39, 0.29) is 0 Å². The Morgan fingerprint density at radius 1 is 1.45 bits per heavy atom. The molecule has 1 N–H and O–H groups in total. The standard InChI is InChI=1S/C17H26ClNO/c1-3-13(2)16-11-15(18)6-7-17(16)20-10-8-14-5-4-9-19-12-14/h6-7,11,13-14,19H,3-5,8-10,12H2,1-2H3/t13-,14-/m1/s1. The summed E-state index contributed by atoms with van der Waals surface area (Å²) >= 11 is 6.11. The first-order valence-corrected chi connectivity index (χ1v) is 8.21. The first-order chi connectivity index (χ1) is 9.70. The van der Waals surface area contributed by atoms with Gasteiger partial charge in [0.1, 0.15) is 5.75 Å². The van der Waals surface area contributed by atoms with Crippen molar-refractivity contribution in [3.63, 3.8) is 0 Å². The lowest BCUT2D eigenvalue weighted by Gasteiger charge is -2.23. The maximum absolute atomic E-state index is 6.11. The van der Waals surface area contributed by atoms with Gasteiger partial charge in [-0.1, -0.05) is 25.4 Å². The fraction of sp³-hybridized carbons (Fsp3) is 0.647. The van der Waals surface area contributed by atoms with Crippen molar-refractivity contribution < 1.29 is 4.74 Å². The van der Waals surface area contributed by atoms with Crippen LogP contribution in [0, 0.1) is 5.92 Å². The molecule has 0 aromatic heterocycles. The Bertz CT molecular complexity index is 415. The third-order valence-electron chi connectivity index (χ3n) is 4.30. The number of halogens is 1. The van der Waals surface area contributed by atoms with Crippen molar-refractivity contribution in [2.45, 2.75) is 45.4 Å². The maximum atomic E-state index is 6.11. The molecule has 0 amide bonds. The Labute approximate surface area is 127 Å². The van der Waals surface area contributed by atoms with Crippen molar-refractivity contribution in [2.24, 2.45) is 5.92 Å². The molecule has 1 aliphatic heterocycles. The van der Waals surface area contributed by atoms with E-state index in [4.69, 9.17) is 16.3 Å². The summed E-state index contributed by atoms with van der Waals surface area (Å²) in [5, 5.41) is 4.25. The molecule has 2 nitrogen and oxygen atoms in total. The molecule has 112 valence electrons. The molecular formula is C17H26ClNO. The van der Waals surface area contributed by atoms with Crippen molar-refractivity contribution >= 4 is 11.6 Å². The fourth-order valence-corrected chi connectivity index (χ4v) is 2.94. The molecule has 1 saturated heterocycles. The molecule has 2 rings (SSSR count). The molecule has 0 bridgehead atoms. The minimum absolute atomic E-state index is 0.486. The van der Waals surface area contributed by atoms with Gasteiger partial charge in [0, 0.05) is 5.02 Å². The van der Waals surface area contributed by atoms with E-state index in [1.807, 2.05) is 18.2 Å². The predicted octanol–water partition coefficient (Wildman–Crippen LogP) is 4.62. The molecule has 1 fully saturated rings. The summed E-state index contributed by atoms with van der Waals surface area (Å²) in [5.74, 6) is 2.26. The summed E-state index contributed by atoms with van der Waals surface area (Å²) in [7, 11) is 0. The SMILES string of the molecule is CC[C@@H](C)c1cc(Cl)ccc1OCC[C@H]1CCCNC1. The topological polar surface area (TPSA) is 21.3 Å². The molecule has 1 aliphatic rings.